The van der Waals surface area contributed by atoms with Gasteiger partial charge in [-0.05, 0) is 42.8 Å². The van der Waals surface area contributed by atoms with Crippen LogP contribution in [0.1, 0.15) is 18.4 Å². The molecular weight excluding hydrogens is 248 g/mol. The average molecular weight is 268 g/mol. The number of fused-ring (bicyclic) bond motifs is 1. The Morgan fingerprint density at radius 2 is 2.05 bits per heavy atom. The van der Waals surface area contributed by atoms with Crippen molar-refractivity contribution in [2.45, 2.75) is 25.4 Å². The van der Waals surface area contributed by atoms with Gasteiger partial charge in [0.25, 0.3) is 0 Å². The van der Waals surface area contributed by atoms with Gasteiger partial charge in [-0.25, -0.2) is 0 Å². The van der Waals surface area contributed by atoms with Gasteiger partial charge in [-0.3, -0.25) is 9.69 Å². The number of nitrogens with one attached hydrogen (secondary N) is 1. The summed E-state index contributed by atoms with van der Waals surface area (Å²) in [5, 5.41) is 5.52. The fourth-order valence-electron chi connectivity index (χ4n) is 2.99. The molecule has 2 aromatic rings. The third-order valence-corrected chi connectivity index (χ3v) is 4.16. The summed E-state index contributed by atoms with van der Waals surface area (Å²) in [4.78, 5) is 14.3. The molecule has 2 aromatic carbocycles. The first-order valence-corrected chi connectivity index (χ1v) is 7.20. The lowest BCUT2D eigenvalue weighted by molar-refractivity contribution is -0.125. The van der Waals surface area contributed by atoms with Crippen molar-refractivity contribution < 1.29 is 4.79 Å². The molecule has 0 aliphatic carbocycles. The molecule has 1 saturated heterocycles. The minimum Gasteiger partial charge on any atom is -0.351 e. The number of benzene rings is 2. The number of carbonyl (C=O) groups excluding carboxylic acids is 1. The molecule has 20 heavy (non-hydrogen) atoms. The van der Waals surface area contributed by atoms with Crippen molar-refractivity contribution in [1.29, 1.82) is 0 Å². The van der Waals surface area contributed by atoms with Crippen LogP contribution in [0.5, 0.6) is 0 Å². The van der Waals surface area contributed by atoms with Gasteiger partial charge in [0.05, 0.1) is 6.04 Å². The predicted octanol–water partition coefficient (Wildman–Crippen LogP) is 2.55. The number of nitrogens with zero attached hydrogens (tertiary/aromatic N) is 1. The molecule has 104 valence electrons. The Balaban J connectivity index is 1.72. The zero-order chi connectivity index (χ0) is 13.9. The van der Waals surface area contributed by atoms with Crippen LogP contribution in [0, 0.1) is 0 Å². The first kappa shape index (κ1) is 13.1. The minimum absolute atomic E-state index is 0.0463. The monoisotopic (exact) mass is 268 g/mol. The standard InChI is InChI=1S/C17H20N2O/c1-19-11-5-10-16(19)17(20)18-12-14-8-4-7-13-6-2-3-9-15(13)14/h2-4,6-9,16H,5,10-12H2,1H3,(H,18,20)/t16-/m1/s1. The number of rotatable bonds is 3. The van der Waals surface area contributed by atoms with Crippen molar-refractivity contribution in [1.82, 2.24) is 10.2 Å². The summed E-state index contributed by atoms with van der Waals surface area (Å²) in [5.74, 6) is 0.151. The van der Waals surface area contributed by atoms with Gasteiger partial charge in [0.15, 0.2) is 0 Å². The molecule has 1 heterocycles. The normalized spacial score (nSPS) is 19.4. The van der Waals surface area contributed by atoms with Crippen molar-refractivity contribution in [2.75, 3.05) is 13.6 Å². The van der Waals surface area contributed by atoms with E-state index in [0.717, 1.165) is 19.4 Å². The van der Waals surface area contributed by atoms with Crippen LogP contribution in [0.25, 0.3) is 10.8 Å². The average Bonchev–Trinajstić information content (AvgIpc) is 2.91. The number of likely N-dealkylation sites (N-methyl/N-ethyl adjacent to an activating group) is 1. The van der Waals surface area contributed by atoms with Gasteiger partial charge in [0.1, 0.15) is 0 Å². The third-order valence-electron chi connectivity index (χ3n) is 4.16. The summed E-state index contributed by atoms with van der Waals surface area (Å²) in [6, 6.07) is 14.6. The number of carbonyl (C=O) groups is 1. The van der Waals surface area contributed by atoms with E-state index < -0.39 is 0 Å². The molecule has 1 aliphatic rings. The lowest BCUT2D eigenvalue weighted by Gasteiger charge is -2.19. The highest BCUT2D eigenvalue weighted by Gasteiger charge is 2.27. The summed E-state index contributed by atoms with van der Waals surface area (Å²) in [5.41, 5.74) is 1.18. The Labute approximate surface area is 119 Å². The molecule has 1 atom stereocenters. The van der Waals surface area contributed by atoms with Gasteiger partial charge < -0.3 is 5.32 Å². The van der Waals surface area contributed by atoms with Crippen LogP contribution in [-0.4, -0.2) is 30.4 Å². The van der Waals surface area contributed by atoms with Crippen molar-refractivity contribution in [3.8, 4) is 0 Å². The SMILES string of the molecule is CN1CCC[C@@H]1C(=O)NCc1cccc2ccccc12. The maximum absolute atomic E-state index is 12.2. The van der Waals surface area contributed by atoms with E-state index in [9.17, 15) is 4.79 Å². The Hall–Kier alpha value is -1.87. The second kappa shape index (κ2) is 5.63. The van der Waals surface area contributed by atoms with Crippen molar-refractivity contribution in [3.05, 3.63) is 48.0 Å². The molecule has 1 aliphatic heterocycles. The second-order valence-corrected chi connectivity index (χ2v) is 5.49. The third kappa shape index (κ3) is 2.54. The first-order valence-electron chi connectivity index (χ1n) is 7.20. The predicted molar refractivity (Wildman–Crippen MR) is 81.4 cm³/mol. The zero-order valence-corrected chi connectivity index (χ0v) is 11.8. The van der Waals surface area contributed by atoms with E-state index in [4.69, 9.17) is 0 Å². The van der Waals surface area contributed by atoms with Crippen LogP contribution in [0.2, 0.25) is 0 Å². The number of hydrogen-bond acceptors (Lipinski definition) is 2. The number of likely N-dealkylation sites (tertiary alicyclic amines) is 1. The van der Waals surface area contributed by atoms with Crippen LogP contribution in [0.3, 0.4) is 0 Å². The number of amides is 1. The molecule has 0 saturated carbocycles. The van der Waals surface area contributed by atoms with E-state index in [0.29, 0.717) is 6.54 Å². The van der Waals surface area contributed by atoms with E-state index in [1.165, 1.54) is 16.3 Å². The van der Waals surface area contributed by atoms with Gasteiger partial charge in [-0.1, -0.05) is 42.5 Å². The van der Waals surface area contributed by atoms with Gasteiger partial charge in [0, 0.05) is 6.54 Å². The maximum Gasteiger partial charge on any atom is 0.237 e. The molecule has 3 rings (SSSR count). The molecule has 3 heteroatoms. The molecule has 0 radical (unpaired) electrons. The molecule has 1 N–H and O–H groups in total. The van der Waals surface area contributed by atoms with Gasteiger partial charge in [-0.2, -0.15) is 0 Å². The Morgan fingerprint density at radius 3 is 2.85 bits per heavy atom. The molecular formula is C17H20N2O. The molecule has 3 nitrogen and oxygen atoms in total. The maximum atomic E-state index is 12.2. The summed E-state index contributed by atoms with van der Waals surface area (Å²) in [7, 11) is 2.02. The molecule has 0 bridgehead atoms. The van der Waals surface area contributed by atoms with E-state index in [1.54, 1.807) is 0 Å². The summed E-state index contributed by atoms with van der Waals surface area (Å²) in [6.45, 7) is 1.62. The first-order chi connectivity index (χ1) is 9.75. The van der Waals surface area contributed by atoms with Crippen LogP contribution < -0.4 is 5.32 Å². The van der Waals surface area contributed by atoms with Gasteiger partial charge >= 0.3 is 0 Å². The highest BCUT2D eigenvalue weighted by molar-refractivity contribution is 5.87. The van der Waals surface area contributed by atoms with Crippen LogP contribution in [0.4, 0.5) is 0 Å². The smallest absolute Gasteiger partial charge is 0.237 e. The largest absolute Gasteiger partial charge is 0.351 e. The topological polar surface area (TPSA) is 32.3 Å². The molecule has 0 spiro atoms. The lowest BCUT2D eigenvalue weighted by Crippen LogP contribution is -2.41. The Bertz CT molecular complexity index is 618. The highest BCUT2D eigenvalue weighted by Crippen LogP contribution is 2.19. The second-order valence-electron chi connectivity index (χ2n) is 5.49. The molecule has 1 amide bonds. The van der Waals surface area contributed by atoms with Gasteiger partial charge in [-0.15, -0.1) is 0 Å². The molecule has 0 aromatic heterocycles. The van der Waals surface area contributed by atoms with Crippen LogP contribution >= 0.6 is 0 Å². The van der Waals surface area contributed by atoms with E-state index >= 15 is 0 Å². The van der Waals surface area contributed by atoms with E-state index in [2.05, 4.69) is 34.5 Å². The molecule has 0 unspecified atom stereocenters. The zero-order valence-electron chi connectivity index (χ0n) is 11.8. The lowest BCUT2D eigenvalue weighted by atomic mass is 10.0. The summed E-state index contributed by atoms with van der Waals surface area (Å²) in [6.07, 6.45) is 2.08. The van der Waals surface area contributed by atoms with Crippen LogP contribution in [-0.2, 0) is 11.3 Å². The minimum atomic E-state index is 0.0463. The van der Waals surface area contributed by atoms with Crippen molar-refractivity contribution in [2.24, 2.45) is 0 Å². The van der Waals surface area contributed by atoms with E-state index in [1.807, 2.05) is 25.2 Å². The summed E-state index contributed by atoms with van der Waals surface area (Å²) >= 11 is 0. The van der Waals surface area contributed by atoms with E-state index in [-0.39, 0.29) is 11.9 Å². The molecule has 1 fully saturated rings. The fraction of sp³-hybridized carbons (Fsp3) is 0.353. The number of hydrogen-bond donors (Lipinski definition) is 1. The van der Waals surface area contributed by atoms with Crippen LogP contribution in [0.15, 0.2) is 42.5 Å². The highest BCUT2D eigenvalue weighted by atomic mass is 16.2. The van der Waals surface area contributed by atoms with Crippen molar-refractivity contribution in [3.63, 3.8) is 0 Å². The summed E-state index contributed by atoms with van der Waals surface area (Å²) < 4.78 is 0. The Morgan fingerprint density at radius 1 is 1.25 bits per heavy atom. The van der Waals surface area contributed by atoms with Gasteiger partial charge in [0.2, 0.25) is 5.91 Å². The quantitative estimate of drug-likeness (QED) is 0.928. The van der Waals surface area contributed by atoms with Crippen molar-refractivity contribution >= 4 is 16.7 Å². The Kier molecular flexibility index (Phi) is 3.70. The fourth-order valence-corrected chi connectivity index (χ4v) is 2.99.